The van der Waals surface area contributed by atoms with Crippen molar-refractivity contribution < 1.29 is 4.79 Å². The summed E-state index contributed by atoms with van der Waals surface area (Å²) in [6, 6.07) is 5.36. The van der Waals surface area contributed by atoms with Crippen LogP contribution in [0.15, 0.2) is 36.0 Å². The predicted octanol–water partition coefficient (Wildman–Crippen LogP) is 2.09. The molecule has 0 heterocycles. The number of benzene rings is 1. The van der Waals surface area contributed by atoms with Crippen molar-refractivity contribution >= 4 is 34.6 Å². The van der Waals surface area contributed by atoms with Crippen LogP contribution in [0.5, 0.6) is 0 Å². The van der Waals surface area contributed by atoms with Crippen molar-refractivity contribution in [3.05, 3.63) is 36.5 Å². The van der Waals surface area contributed by atoms with Crippen molar-refractivity contribution in [3.63, 3.8) is 0 Å². The first kappa shape index (κ1) is 12.3. The first-order chi connectivity index (χ1) is 7.72. The second-order valence-electron chi connectivity index (χ2n) is 2.89. The van der Waals surface area contributed by atoms with E-state index >= 15 is 0 Å². The lowest BCUT2D eigenvalue weighted by Crippen LogP contribution is -2.02. The minimum Gasteiger partial charge on any atom is -0.397 e. The van der Waals surface area contributed by atoms with Crippen molar-refractivity contribution in [1.82, 2.24) is 0 Å². The Morgan fingerprint density at radius 2 is 2.38 bits per heavy atom. The number of hydrogen-bond acceptors (Lipinski definition) is 4. The van der Waals surface area contributed by atoms with Crippen molar-refractivity contribution in [2.75, 3.05) is 17.3 Å². The monoisotopic (exact) mass is 235 g/mol. The molecule has 0 bridgehead atoms. The zero-order valence-corrected chi connectivity index (χ0v) is 9.75. The second kappa shape index (κ2) is 5.97. The highest BCUT2D eigenvalue weighted by Crippen LogP contribution is 2.22. The Kier molecular flexibility index (Phi) is 4.60. The number of thioether (sulfide) groups is 1. The fraction of sp³-hybridized carbons (Fsp3) is 0.0909. The van der Waals surface area contributed by atoms with E-state index in [1.807, 2.05) is 12.3 Å². The maximum atomic E-state index is 10.3. The quantitative estimate of drug-likeness (QED) is 0.363. The Morgan fingerprint density at radius 3 is 2.88 bits per heavy atom. The van der Waals surface area contributed by atoms with Crippen LogP contribution < -0.4 is 11.1 Å². The lowest BCUT2D eigenvalue weighted by atomic mass is 10.2. The van der Waals surface area contributed by atoms with E-state index in [1.165, 1.54) is 18.0 Å². The van der Waals surface area contributed by atoms with Gasteiger partial charge in [-0.15, -0.1) is 11.8 Å². The van der Waals surface area contributed by atoms with Crippen LogP contribution in [-0.2, 0) is 4.79 Å². The summed E-state index contributed by atoms with van der Waals surface area (Å²) in [6.45, 7) is 3.55. The minimum absolute atomic E-state index is 0.510. The van der Waals surface area contributed by atoms with Crippen molar-refractivity contribution in [1.29, 1.82) is 0 Å². The van der Waals surface area contributed by atoms with E-state index in [2.05, 4.69) is 16.9 Å². The number of anilines is 2. The number of aliphatic imine (C=N–C) groups is 1. The number of nitrogens with zero attached hydrogens (tertiary/aromatic N) is 1. The number of carbonyl (C=O) groups excluding carboxylic acids is 1. The van der Waals surface area contributed by atoms with E-state index < -0.39 is 0 Å². The number of nitrogens with one attached hydrogen (secondary N) is 1. The van der Waals surface area contributed by atoms with Gasteiger partial charge >= 0.3 is 0 Å². The third-order valence-electron chi connectivity index (χ3n) is 1.91. The van der Waals surface area contributed by atoms with Gasteiger partial charge in [0.25, 0.3) is 0 Å². The van der Waals surface area contributed by atoms with Crippen LogP contribution in [0.1, 0.15) is 5.56 Å². The third-order valence-corrected chi connectivity index (χ3v) is 2.64. The summed E-state index contributed by atoms with van der Waals surface area (Å²) >= 11 is 1.51. The Morgan fingerprint density at radius 1 is 1.62 bits per heavy atom. The molecule has 0 spiro atoms. The highest BCUT2D eigenvalue weighted by Gasteiger charge is 2.04. The average Bonchev–Trinajstić information content (AvgIpc) is 2.29. The molecule has 0 aliphatic carbocycles. The van der Waals surface area contributed by atoms with Crippen LogP contribution in [0.3, 0.4) is 0 Å². The maximum Gasteiger partial charge on any atom is 0.211 e. The predicted molar refractivity (Wildman–Crippen MR) is 70.8 cm³/mol. The average molecular weight is 235 g/mol. The smallest absolute Gasteiger partial charge is 0.211 e. The van der Waals surface area contributed by atoms with Gasteiger partial charge < -0.3 is 11.1 Å². The van der Waals surface area contributed by atoms with E-state index in [9.17, 15) is 4.79 Å². The SMILES string of the molecule is C=CN=C(SC)c1ccc(NC=O)c(N)c1. The Bertz CT molecular complexity index is 429. The zero-order chi connectivity index (χ0) is 12.0. The molecular weight excluding hydrogens is 222 g/mol. The number of nitrogens with two attached hydrogens (primary N) is 1. The van der Waals surface area contributed by atoms with Crippen LogP contribution in [0, 0.1) is 0 Å². The standard InChI is InChI=1S/C11H13N3OS/c1-3-13-11(16-2)8-4-5-10(14-7-15)9(12)6-8/h3-7H,1,12H2,2H3,(H,14,15). The molecule has 1 aromatic rings. The van der Waals surface area contributed by atoms with Crippen molar-refractivity contribution in [2.45, 2.75) is 0 Å². The fourth-order valence-electron chi connectivity index (χ4n) is 1.22. The highest BCUT2D eigenvalue weighted by molar-refractivity contribution is 8.13. The number of nitrogen functional groups attached to an aromatic ring is 1. The number of carbonyl (C=O) groups is 1. The second-order valence-corrected chi connectivity index (χ2v) is 3.68. The molecule has 0 radical (unpaired) electrons. The van der Waals surface area contributed by atoms with Gasteiger partial charge in [0, 0.05) is 11.8 Å². The normalized spacial score (nSPS) is 10.9. The number of hydrogen-bond donors (Lipinski definition) is 2. The van der Waals surface area contributed by atoms with Crippen LogP contribution in [0.2, 0.25) is 0 Å². The molecule has 1 aromatic carbocycles. The molecule has 0 atom stereocenters. The van der Waals surface area contributed by atoms with Gasteiger partial charge in [-0.2, -0.15) is 0 Å². The third kappa shape index (κ3) is 2.87. The van der Waals surface area contributed by atoms with E-state index in [0.29, 0.717) is 17.8 Å². The highest BCUT2D eigenvalue weighted by atomic mass is 32.2. The van der Waals surface area contributed by atoms with Gasteiger partial charge in [-0.1, -0.05) is 12.6 Å². The summed E-state index contributed by atoms with van der Waals surface area (Å²) in [5.41, 5.74) is 7.79. The first-order valence-electron chi connectivity index (χ1n) is 4.55. The van der Waals surface area contributed by atoms with Gasteiger partial charge in [0.05, 0.1) is 11.4 Å². The summed E-state index contributed by atoms with van der Waals surface area (Å²) in [5.74, 6) is 0. The summed E-state index contributed by atoms with van der Waals surface area (Å²) in [4.78, 5) is 14.4. The molecular formula is C11H13N3OS. The van der Waals surface area contributed by atoms with Gasteiger partial charge in [-0.25, -0.2) is 4.99 Å². The largest absolute Gasteiger partial charge is 0.397 e. The van der Waals surface area contributed by atoms with Crippen molar-refractivity contribution in [3.8, 4) is 0 Å². The van der Waals surface area contributed by atoms with E-state index in [0.717, 1.165) is 10.6 Å². The van der Waals surface area contributed by atoms with E-state index in [4.69, 9.17) is 5.73 Å². The minimum atomic E-state index is 0.510. The lowest BCUT2D eigenvalue weighted by molar-refractivity contribution is -0.105. The number of rotatable bonds is 4. The van der Waals surface area contributed by atoms with Crippen LogP contribution in [0.25, 0.3) is 0 Å². The Labute approximate surface area is 98.6 Å². The Hall–Kier alpha value is -1.75. The molecule has 1 amide bonds. The molecule has 0 unspecified atom stereocenters. The van der Waals surface area contributed by atoms with Crippen LogP contribution in [-0.4, -0.2) is 17.7 Å². The lowest BCUT2D eigenvalue weighted by Gasteiger charge is -2.07. The van der Waals surface area contributed by atoms with Gasteiger partial charge in [0.15, 0.2) is 0 Å². The molecule has 4 nitrogen and oxygen atoms in total. The summed E-state index contributed by atoms with van der Waals surface area (Å²) in [7, 11) is 0. The topological polar surface area (TPSA) is 67.5 Å². The molecule has 84 valence electrons. The van der Waals surface area contributed by atoms with Gasteiger partial charge in [-0.3, -0.25) is 4.79 Å². The zero-order valence-electron chi connectivity index (χ0n) is 8.93. The van der Waals surface area contributed by atoms with Gasteiger partial charge in [0.1, 0.15) is 5.04 Å². The number of amides is 1. The van der Waals surface area contributed by atoms with Crippen LogP contribution in [0.4, 0.5) is 11.4 Å². The summed E-state index contributed by atoms with van der Waals surface area (Å²) in [5, 5.41) is 3.35. The molecule has 5 heteroatoms. The maximum absolute atomic E-state index is 10.3. The molecule has 3 N–H and O–H groups in total. The molecule has 0 aromatic heterocycles. The molecule has 0 aliphatic heterocycles. The van der Waals surface area contributed by atoms with Crippen LogP contribution >= 0.6 is 11.8 Å². The molecule has 0 saturated carbocycles. The summed E-state index contributed by atoms with van der Waals surface area (Å²) < 4.78 is 0. The molecule has 16 heavy (non-hydrogen) atoms. The fourth-order valence-corrected chi connectivity index (χ4v) is 1.76. The van der Waals surface area contributed by atoms with Gasteiger partial charge in [0.2, 0.25) is 6.41 Å². The van der Waals surface area contributed by atoms with E-state index in [1.54, 1.807) is 12.1 Å². The molecule has 0 aliphatic rings. The van der Waals surface area contributed by atoms with Gasteiger partial charge in [-0.05, 0) is 18.4 Å². The van der Waals surface area contributed by atoms with E-state index in [-0.39, 0.29) is 0 Å². The Balaban J connectivity index is 3.08. The first-order valence-corrected chi connectivity index (χ1v) is 5.78. The molecule has 0 saturated heterocycles. The van der Waals surface area contributed by atoms with Crippen molar-refractivity contribution in [2.24, 2.45) is 4.99 Å². The summed E-state index contributed by atoms with van der Waals surface area (Å²) in [6.07, 6.45) is 4.01. The molecule has 1 rings (SSSR count). The molecule has 0 fully saturated rings.